The highest BCUT2D eigenvalue weighted by molar-refractivity contribution is 7.92. The van der Waals surface area contributed by atoms with Crippen molar-refractivity contribution < 1.29 is 18.0 Å². The number of aryl methyl sites for hydroxylation is 2. The fourth-order valence-electron chi connectivity index (χ4n) is 5.09. The van der Waals surface area contributed by atoms with Gasteiger partial charge in [-0.25, -0.2) is 8.42 Å². The molecule has 4 rings (SSSR count). The van der Waals surface area contributed by atoms with Crippen molar-refractivity contribution in [2.75, 3.05) is 17.4 Å². The number of carbonyl (C=O) groups excluding carboxylic acids is 2. The van der Waals surface area contributed by atoms with Crippen LogP contribution in [-0.4, -0.2) is 44.3 Å². The molecule has 0 aliphatic rings. The summed E-state index contributed by atoms with van der Waals surface area (Å²) in [6.07, 6.45) is 0.957. The summed E-state index contributed by atoms with van der Waals surface area (Å²) in [6, 6.07) is 27.6. The van der Waals surface area contributed by atoms with Crippen LogP contribution in [0.4, 0.5) is 5.69 Å². The van der Waals surface area contributed by atoms with Crippen LogP contribution in [0.3, 0.4) is 0 Å². The topological polar surface area (TPSA) is 86.8 Å². The van der Waals surface area contributed by atoms with E-state index >= 15 is 0 Å². The van der Waals surface area contributed by atoms with E-state index in [2.05, 4.69) is 5.32 Å². The van der Waals surface area contributed by atoms with Crippen LogP contribution in [0.15, 0.2) is 102 Å². The molecule has 9 heteroatoms. The first-order valence-corrected chi connectivity index (χ1v) is 16.8. The van der Waals surface area contributed by atoms with E-state index in [1.807, 2.05) is 70.2 Å². The molecule has 4 aromatic carbocycles. The van der Waals surface area contributed by atoms with Gasteiger partial charge < -0.3 is 10.2 Å². The van der Waals surface area contributed by atoms with Crippen LogP contribution < -0.4 is 9.62 Å². The fourth-order valence-corrected chi connectivity index (χ4v) is 6.75. The van der Waals surface area contributed by atoms with Crippen LogP contribution in [0.1, 0.15) is 41.2 Å². The highest BCUT2D eigenvalue weighted by Crippen LogP contribution is 2.30. The predicted molar refractivity (Wildman–Crippen MR) is 181 cm³/mol. The molecule has 0 saturated carbocycles. The summed E-state index contributed by atoms with van der Waals surface area (Å²) in [5, 5.41) is 3.40. The summed E-state index contributed by atoms with van der Waals surface area (Å²) >= 11 is 6.56. The average molecular weight is 646 g/mol. The van der Waals surface area contributed by atoms with Crippen LogP contribution in [0.5, 0.6) is 0 Å². The van der Waals surface area contributed by atoms with Crippen LogP contribution >= 0.6 is 11.6 Å². The second-order valence-corrected chi connectivity index (χ2v) is 13.4. The number of halogens is 1. The number of anilines is 1. The first-order chi connectivity index (χ1) is 21.5. The molecule has 45 heavy (non-hydrogen) atoms. The van der Waals surface area contributed by atoms with Crippen molar-refractivity contribution in [1.82, 2.24) is 10.2 Å². The zero-order chi connectivity index (χ0) is 32.6. The third-order valence-corrected chi connectivity index (χ3v) is 9.99. The van der Waals surface area contributed by atoms with Gasteiger partial charge in [-0.2, -0.15) is 0 Å². The highest BCUT2D eigenvalue weighted by atomic mass is 35.5. The summed E-state index contributed by atoms with van der Waals surface area (Å²) in [4.78, 5) is 29.9. The molecule has 7 nitrogen and oxygen atoms in total. The van der Waals surface area contributed by atoms with Gasteiger partial charge in [0.1, 0.15) is 12.6 Å². The Hall–Kier alpha value is -4.14. The maximum absolute atomic E-state index is 14.6. The van der Waals surface area contributed by atoms with Crippen LogP contribution in [0, 0.1) is 20.8 Å². The molecule has 1 N–H and O–H groups in total. The summed E-state index contributed by atoms with van der Waals surface area (Å²) in [5.74, 6) is -0.847. The van der Waals surface area contributed by atoms with Crippen LogP contribution in [-0.2, 0) is 32.6 Å². The maximum Gasteiger partial charge on any atom is 0.264 e. The molecule has 0 spiro atoms. The number of hydrogen-bond acceptors (Lipinski definition) is 4. The van der Waals surface area contributed by atoms with Gasteiger partial charge in [-0.3, -0.25) is 13.9 Å². The SMILES string of the molecule is CCCNC(=O)C(Cc1ccccc1)N(Cc1ccccc1Cl)C(=O)CN(c1cccc(C)c1C)S(=O)(=O)c1ccc(C)cc1. The molecular formula is C36H40ClN3O4S. The molecule has 0 heterocycles. The molecule has 1 unspecified atom stereocenters. The van der Waals surface area contributed by atoms with E-state index in [1.54, 1.807) is 54.6 Å². The largest absolute Gasteiger partial charge is 0.354 e. The highest BCUT2D eigenvalue weighted by Gasteiger charge is 2.35. The van der Waals surface area contributed by atoms with Crippen LogP contribution in [0.25, 0.3) is 0 Å². The smallest absolute Gasteiger partial charge is 0.264 e. The number of rotatable bonds is 13. The number of benzene rings is 4. The Morgan fingerprint density at radius 2 is 1.51 bits per heavy atom. The van der Waals surface area contributed by atoms with Gasteiger partial charge in [-0.1, -0.05) is 96.9 Å². The lowest BCUT2D eigenvalue weighted by Crippen LogP contribution is -2.53. The summed E-state index contributed by atoms with van der Waals surface area (Å²) < 4.78 is 29.7. The van der Waals surface area contributed by atoms with E-state index in [0.29, 0.717) is 22.8 Å². The second kappa shape index (κ2) is 15.2. The van der Waals surface area contributed by atoms with Gasteiger partial charge in [0.15, 0.2) is 0 Å². The maximum atomic E-state index is 14.6. The molecule has 0 aliphatic heterocycles. The van der Waals surface area contributed by atoms with Gasteiger partial charge in [-0.05, 0) is 73.7 Å². The van der Waals surface area contributed by atoms with E-state index in [1.165, 1.54) is 4.90 Å². The van der Waals surface area contributed by atoms with Gasteiger partial charge in [0.05, 0.1) is 10.6 Å². The first kappa shape index (κ1) is 33.7. The minimum absolute atomic E-state index is 0.0147. The quantitative estimate of drug-likeness (QED) is 0.177. The van der Waals surface area contributed by atoms with Gasteiger partial charge in [0.25, 0.3) is 10.0 Å². The van der Waals surface area contributed by atoms with Crippen LogP contribution in [0.2, 0.25) is 5.02 Å². The Labute approximate surface area is 271 Å². The lowest BCUT2D eigenvalue weighted by Gasteiger charge is -2.34. The monoisotopic (exact) mass is 645 g/mol. The van der Waals surface area contributed by atoms with E-state index in [9.17, 15) is 18.0 Å². The lowest BCUT2D eigenvalue weighted by molar-refractivity contribution is -0.140. The molecule has 1 atom stereocenters. The van der Waals surface area contributed by atoms with E-state index in [4.69, 9.17) is 11.6 Å². The van der Waals surface area contributed by atoms with Gasteiger partial charge >= 0.3 is 0 Å². The molecule has 0 saturated heterocycles. The van der Waals surface area contributed by atoms with Crippen molar-refractivity contribution in [2.45, 2.75) is 58.0 Å². The molecule has 4 aromatic rings. The van der Waals surface area contributed by atoms with Crippen molar-refractivity contribution in [2.24, 2.45) is 0 Å². The molecule has 2 amide bonds. The van der Waals surface area contributed by atoms with Gasteiger partial charge in [-0.15, -0.1) is 0 Å². The van der Waals surface area contributed by atoms with Gasteiger partial charge in [0.2, 0.25) is 11.8 Å². The van der Waals surface area contributed by atoms with Crippen molar-refractivity contribution in [3.8, 4) is 0 Å². The predicted octanol–water partition coefficient (Wildman–Crippen LogP) is 6.63. The standard InChI is InChI=1S/C36H40ClN3O4S/c1-5-22-38-36(42)34(23-29-13-7-6-8-14-29)39(24-30-15-9-10-16-32(30)37)35(41)25-40(33-17-11-12-27(3)28(33)4)45(43,44)31-20-18-26(2)19-21-31/h6-21,34H,5,22-25H2,1-4H3,(H,38,42). The summed E-state index contributed by atoms with van der Waals surface area (Å²) in [5.41, 5.74) is 4.45. The molecule has 0 bridgehead atoms. The molecule has 0 aliphatic carbocycles. The number of amides is 2. The molecule has 236 valence electrons. The average Bonchev–Trinajstić information content (AvgIpc) is 3.03. The lowest BCUT2D eigenvalue weighted by atomic mass is 10.0. The molecule has 0 aromatic heterocycles. The van der Waals surface area contributed by atoms with E-state index < -0.39 is 28.5 Å². The minimum Gasteiger partial charge on any atom is -0.354 e. The van der Waals surface area contributed by atoms with E-state index in [-0.39, 0.29) is 23.8 Å². The number of sulfonamides is 1. The Balaban J connectivity index is 1.83. The third kappa shape index (κ3) is 8.32. The zero-order valence-electron chi connectivity index (χ0n) is 26.2. The van der Waals surface area contributed by atoms with Crippen molar-refractivity contribution in [1.29, 1.82) is 0 Å². The van der Waals surface area contributed by atoms with Crippen molar-refractivity contribution >= 4 is 39.1 Å². The number of nitrogens with one attached hydrogen (secondary N) is 1. The zero-order valence-corrected chi connectivity index (χ0v) is 27.7. The van der Waals surface area contributed by atoms with Crippen molar-refractivity contribution in [3.05, 3.63) is 130 Å². The minimum atomic E-state index is -4.18. The van der Waals surface area contributed by atoms with E-state index in [0.717, 1.165) is 33.0 Å². The van der Waals surface area contributed by atoms with Crippen molar-refractivity contribution in [3.63, 3.8) is 0 Å². The summed E-state index contributed by atoms with van der Waals surface area (Å²) in [7, 11) is -4.18. The fraction of sp³-hybridized carbons (Fsp3) is 0.278. The Morgan fingerprint density at radius 1 is 0.844 bits per heavy atom. The Bertz CT molecular complexity index is 1730. The number of hydrogen-bond donors (Lipinski definition) is 1. The molecular weight excluding hydrogens is 606 g/mol. The molecule has 0 radical (unpaired) electrons. The Kier molecular flexibility index (Phi) is 11.4. The third-order valence-electron chi connectivity index (χ3n) is 7.85. The molecule has 0 fully saturated rings. The summed E-state index contributed by atoms with van der Waals surface area (Å²) in [6.45, 7) is 7.51. The Morgan fingerprint density at radius 3 is 2.18 bits per heavy atom. The number of carbonyl (C=O) groups is 2. The second-order valence-electron chi connectivity index (χ2n) is 11.2. The number of nitrogens with zero attached hydrogens (tertiary/aromatic N) is 2. The normalized spacial score (nSPS) is 11.9. The first-order valence-electron chi connectivity index (χ1n) is 15.0. The van der Waals surface area contributed by atoms with Gasteiger partial charge in [0, 0.05) is 24.5 Å².